The Bertz CT molecular complexity index is 863. The van der Waals surface area contributed by atoms with Crippen LogP contribution < -0.4 is 20.6 Å². The predicted molar refractivity (Wildman–Crippen MR) is 95.2 cm³/mol. The van der Waals surface area contributed by atoms with Gasteiger partial charge in [-0.1, -0.05) is 6.92 Å². The smallest absolute Gasteiger partial charge is 0.411 e. The van der Waals surface area contributed by atoms with Gasteiger partial charge < -0.3 is 15.1 Å². The molecule has 27 heavy (non-hydrogen) atoms. The Balaban J connectivity index is 2.10. The van der Waals surface area contributed by atoms with Crippen LogP contribution in [0.1, 0.15) is 30.2 Å². The highest BCUT2D eigenvalue weighted by molar-refractivity contribution is 5.58. The Morgan fingerprint density at radius 1 is 1.30 bits per heavy atom. The maximum Gasteiger partial charge on any atom is 0.416 e. The molecule has 0 saturated heterocycles. The molecule has 0 aliphatic carbocycles. The zero-order valence-electron chi connectivity index (χ0n) is 15.1. The first kappa shape index (κ1) is 19.2. The van der Waals surface area contributed by atoms with Crippen molar-refractivity contribution in [1.82, 2.24) is 15.0 Å². The first-order valence-corrected chi connectivity index (χ1v) is 8.71. The minimum absolute atomic E-state index is 0.268. The molecule has 1 N–H and O–H groups in total. The largest absolute Gasteiger partial charge is 0.416 e. The molecule has 3 rings (SSSR count). The molecule has 1 aromatic carbocycles. The van der Waals surface area contributed by atoms with Crippen molar-refractivity contribution < 1.29 is 18.0 Å². The SMILES string of the molecule is CCCN(c1ccc(C(F)(F)F)cc1)c1nc2c(c(=O)n1OC)CNCC2. The van der Waals surface area contributed by atoms with E-state index < -0.39 is 11.7 Å². The van der Waals surface area contributed by atoms with E-state index in [1.807, 2.05) is 6.92 Å². The molecule has 6 nitrogen and oxygen atoms in total. The molecule has 0 fully saturated rings. The average molecular weight is 382 g/mol. The third kappa shape index (κ3) is 3.78. The minimum atomic E-state index is -4.40. The van der Waals surface area contributed by atoms with Gasteiger partial charge in [-0.25, -0.2) is 4.98 Å². The van der Waals surface area contributed by atoms with E-state index in [4.69, 9.17) is 4.84 Å². The summed E-state index contributed by atoms with van der Waals surface area (Å²) in [5, 5.41) is 3.13. The molecule has 9 heteroatoms. The highest BCUT2D eigenvalue weighted by Gasteiger charge is 2.30. The molecule has 1 aliphatic rings. The number of hydrogen-bond donors (Lipinski definition) is 1. The molecule has 2 heterocycles. The molecule has 2 aromatic rings. The molecule has 0 radical (unpaired) electrons. The summed E-state index contributed by atoms with van der Waals surface area (Å²) in [6, 6.07) is 4.81. The highest BCUT2D eigenvalue weighted by Crippen LogP contribution is 2.32. The number of benzene rings is 1. The summed E-state index contributed by atoms with van der Waals surface area (Å²) in [6.45, 7) is 3.54. The number of anilines is 2. The molecule has 0 amide bonds. The van der Waals surface area contributed by atoms with Gasteiger partial charge in [0.1, 0.15) is 7.11 Å². The van der Waals surface area contributed by atoms with Crippen LogP contribution in [0.5, 0.6) is 0 Å². The van der Waals surface area contributed by atoms with Gasteiger partial charge in [-0.2, -0.15) is 13.2 Å². The van der Waals surface area contributed by atoms with Gasteiger partial charge in [0.2, 0.25) is 5.95 Å². The van der Waals surface area contributed by atoms with Crippen molar-refractivity contribution in [1.29, 1.82) is 0 Å². The van der Waals surface area contributed by atoms with Crippen LogP contribution >= 0.6 is 0 Å². The maximum atomic E-state index is 12.9. The van der Waals surface area contributed by atoms with Crippen molar-refractivity contribution in [2.75, 3.05) is 25.1 Å². The Labute approximate surface area is 154 Å². The molecule has 0 unspecified atom stereocenters. The molecule has 0 atom stereocenters. The predicted octanol–water partition coefficient (Wildman–Crippen LogP) is 2.51. The monoisotopic (exact) mass is 382 g/mol. The summed E-state index contributed by atoms with van der Waals surface area (Å²) in [5.41, 5.74) is 0.719. The molecule has 0 bridgehead atoms. The van der Waals surface area contributed by atoms with Gasteiger partial charge in [-0.3, -0.25) is 4.79 Å². The number of fused-ring (bicyclic) bond motifs is 1. The third-order valence-corrected chi connectivity index (χ3v) is 4.43. The number of halogens is 3. The van der Waals surface area contributed by atoms with E-state index in [1.165, 1.54) is 19.2 Å². The van der Waals surface area contributed by atoms with Crippen molar-refractivity contribution in [3.8, 4) is 0 Å². The number of aromatic nitrogens is 2. The van der Waals surface area contributed by atoms with E-state index in [-0.39, 0.29) is 11.5 Å². The van der Waals surface area contributed by atoms with Crippen LogP contribution in [-0.4, -0.2) is 29.9 Å². The van der Waals surface area contributed by atoms with Gasteiger partial charge in [0, 0.05) is 31.7 Å². The van der Waals surface area contributed by atoms with E-state index in [1.54, 1.807) is 4.90 Å². The topological polar surface area (TPSA) is 59.4 Å². The van der Waals surface area contributed by atoms with Crippen molar-refractivity contribution in [2.45, 2.75) is 32.5 Å². The lowest BCUT2D eigenvalue weighted by molar-refractivity contribution is -0.137. The van der Waals surface area contributed by atoms with Crippen molar-refractivity contribution in [3.63, 3.8) is 0 Å². The molecule has 0 spiro atoms. The lowest BCUT2D eigenvalue weighted by Crippen LogP contribution is -2.40. The number of rotatable bonds is 5. The van der Waals surface area contributed by atoms with Crippen molar-refractivity contribution >= 4 is 11.6 Å². The fourth-order valence-electron chi connectivity index (χ4n) is 3.11. The second-order valence-electron chi connectivity index (χ2n) is 6.24. The van der Waals surface area contributed by atoms with Gasteiger partial charge in [-0.05, 0) is 30.7 Å². The fourth-order valence-corrected chi connectivity index (χ4v) is 3.11. The first-order valence-electron chi connectivity index (χ1n) is 8.71. The molecular formula is C18H21F3N4O2. The van der Waals surface area contributed by atoms with Crippen LogP contribution in [0, 0.1) is 0 Å². The highest BCUT2D eigenvalue weighted by atomic mass is 19.4. The van der Waals surface area contributed by atoms with Crippen LogP contribution in [-0.2, 0) is 19.1 Å². The molecule has 146 valence electrons. The standard InChI is InChI=1S/C18H21F3N4O2/c1-3-10-24(13-6-4-12(5-7-13)18(19,20)21)17-23-15-8-9-22-11-14(15)16(26)25(17)27-2/h4-7,22H,3,8-11H2,1-2H3. The minimum Gasteiger partial charge on any atom is -0.411 e. The third-order valence-electron chi connectivity index (χ3n) is 4.43. The number of nitrogens with one attached hydrogen (secondary N) is 1. The van der Waals surface area contributed by atoms with E-state index in [2.05, 4.69) is 10.3 Å². The van der Waals surface area contributed by atoms with E-state index in [0.29, 0.717) is 49.4 Å². The Morgan fingerprint density at radius 3 is 2.59 bits per heavy atom. The average Bonchev–Trinajstić information content (AvgIpc) is 2.65. The number of nitrogens with zero attached hydrogens (tertiary/aromatic N) is 3. The van der Waals surface area contributed by atoms with Crippen LogP contribution in [0.15, 0.2) is 29.1 Å². The zero-order valence-corrected chi connectivity index (χ0v) is 15.1. The number of hydrogen-bond acceptors (Lipinski definition) is 5. The van der Waals surface area contributed by atoms with Gasteiger partial charge >= 0.3 is 6.18 Å². The lowest BCUT2D eigenvalue weighted by atomic mass is 10.1. The summed E-state index contributed by atoms with van der Waals surface area (Å²) in [4.78, 5) is 24.3. The first-order chi connectivity index (χ1) is 12.9. The normalized spacial score (nSPS) is 14.0. The van der Waals surface area contributed by atoms with Gasteiger partial charge in [0.25, 0.3) is 5.56 Å². The van der Waals surface area contributed by atoms with Gasteiger partial charge in [0.15, 0.2) is 0 Å². The van der Waals surface area contributed by atoms with Crippen molar-refractivity contribution in [2.24, 2.45) is 0 Å². The summed E-state index contributed by atoms with van der Waals surface area (Å²) >= 11 is 0. The lowest BCUT2D eigenvalue weighted by Gasteiger charge is -2.27. The summed E-state index contributed by atoms with van der Waals surface area (Å²) in [6.07, 6.45) is -3.09. The van der Waals surface area contributed by atoms with Gasteiger partial charge in [0.05, 0.1) is 16.8 Å². The van der Waals surface area contributed by atoms with E-state index >= 15 is 0 Å². The summed E-state index contributed by atoms with van der Waals surface area (Å²) < 4.78 is 39.7. The quantitative estimate of drug-likeness (QED) is 0.861. The summed E-state index contributed by atoms with van der Waals surface area (Å²) in [7, 11) is 1.37. The van der Waals surface area contributed by atoms with Crippen LogP contribution in [0.2, 0.25) is 0 Å². The Kier molecular flexibility index (Phi) is 5.41. The Hall–Kier alpha value is -2.55. The molecule has 1 aliphatic heterocycles. The molecule has 1 aromatic heterocycles. The van der Waals surface area contributed by atoms with Crippen LogP contribution in [0.25, 0.3) is 0 Å². The fraction of sp³-hybridized carbons (Fsp3) is 0.444. The second kappa shape index (κ2) is 7.59. The maximum absolute atomic E-state index is 12.9. The Morgan fingerprint density at radius 2 is 2.00 bits per heavy atom. The van der Waals surface area contributed by atoms with Gasteiger partial charge in [-0.15, -0.1) is 4.73 Å². The summed E-state index contributed by atoms with van der Waals surface area (Å²) in [5.74, 6) is 0.268. The van der Waals surface area contributed by atoms with Crippen LogP contribution in [0.3, 0.4) is 0 Å². The van der Waals surface area contributed by atoms with E-state index in [9.17, 15) is 18.0 Å². The zero-order chi connectivity index (χ0) is 19.6. The van der Waals surface area contributed by atoms with Crippen molar-refractivity contribution in [3.05, 3.63) is 51.4 Å². The molecule has 0 saturated carbocycles. The van der Waals surface area contributed by atoms with Crippen LogP contribution in [0.4, 0.5) is 24.8 Å². The number of alkyl halides is 3. The van der Waals surface area contributed by atoms with E-state index in [0.717, 1.165) is 16.9 Å². The second-order valence-corrected chi connectivity index (χ2v) is 6.24. The molecular weight excluding hydrogens is 361 g/mol.